The van der Waals surface area contributed by atoms with Crippen molar-refractivity contribution in [2.75, 3.05) is 27.9 Å². The third kappa shape index (κ3) is 4.19. The Hall–Kier alpha value is -2.68. The zero-order valence-corrected chi connectivity index (χ0v) is 16.5. The molecule has 2 amide bonds. The van der Waals surface area contributed by atoms with Crippen LogP contribution in [0, 0.1) is 0 Å². The number of hydrogen-bond donors (Lipinski definition) is 0. The van der Waals surface area contributed by atoms with Crippen molar-refractivity contribution in [1.29, 1.82) is 0 Å². The second-order valence-corrected chi connectivity index (χ2v) is 6.42. The topological polar surface area (TPSA) is 91.4 Å². The van der Waals surface area contributed by atoms with E-state index in [1.54, 1.807) is 19.1 Å². The van der Waals surface area contributed by atoms with E-state index in [1.807, 2.05) is 0 Å². The van der Waals surface area contributed by atoms with Crippen molar-refractivity contribution in [3.63, 3.8) is 0 Å². The van der Waals surface area contributed by atoms with Crippen LogP contribution in [0.1, 0.15) is 19.4 Å². The van der Waals surface area contributed by atoms with Crippen molar-refractivity contribution in [1.82, 2.24) is 4.90 Å². The molecular weight excluding hydrogens is 374 g/mol. The number of rotatable bonds is 7. The van der Waals surface area contributed by atoms with Crippen LogP contribution in [0.2, 0.25) is 0 Å². The lowest BCUT2D eigenvalue weighted by Gasteiger charge is -2.19. The van der Waals surface area contributed by atoms with Crippen LogP contribution < -0.4 is 14.2 Å². The summed E-state index contributed by atoms with van der Waals surface area (Å²) in [5.41, 5.74) is 0.482. The summed E-state index contributed by atoms with van der Waals surface area (Å²) in [6.45, 7) is 3.27. The van der Waals surface area contributed by atoms with Crippen molar-refractivity contribution in [2.24, 2.45) is 0 Å². The summed E-state index contributed by atoms with van der Waals surface area (Å²) in [5.74, 6) is 0.129. The summed E-state index contributed by atoms with van der Waals surface area (Å²) < 4.78 is 20.8. The molecule has 0 aliphatic carbocycles. The molecule has 2 rings (SSSR count). The first-order valence-corrected chi connectivity index (χ1v) is 8.93. The highest BCUT2D eigenvalue weighted by molar-refractivity contribution is 8.18. The number of carbonyl (C=O) groups excluding carboxylic acids is 3. The summed E-state index contributed by atoms with van der Waals surface area (Å²) in [7, 11) is 4.45. The third-order valence-corrected chi connectivity index (χ3v) is 4.75. The molecule has 1 saturated heterocycles. The molecule has 1 atom stereocenters. The Morgan fingerprint density at radius 2 is 1.74 bits per heavy atom. The SMILES string of the molecule is CCOC(=O)[C@H](C)N1C(=O)S/C(=C\c2c(OC)cc(OC)cc2OC)C1=O. The van der Waals surface area contributed by atoms with E-state index in [2.05, 4.69) is 0 Å². The van der Waals surface area contributed by atoms with Crippen molar-refractivity contribution in [3.8, 4) is 17.2 Å². The van der Waals surface area contributed by atoms with Crippen LogP contribution in [0.5, 0.6) is 17.2 Å². The van der Waals surface area contributed by atoms with E-state index in [0.29, 0.717) is 22.8 Å². The van der Waals surface area contributed by atoms with Crippen molar-refractivity contribution >= 4 is 35.0 Å². The van der Waals surface area contributed by atoms with Crippen molar-refractivity contribution < 1.29 is 33.3 Å². The smallest absolute Gasteiger partial charge is 0.329 e. The van der Waals surface area contributed by atoms with Gasteiger partial charge in [-0.15, -0.1) is 0 Å². The predicted octanol–water partition coefficient (Wildman–Crippen LogP) is 2.70. The molecule has 1 aromatic rings. The molecule has 0 aromatic heterocycles. The number of carbonyl (C=O) groups is 3. The Morgan fingerprint density at radius 3 is 2.22 bits per heavy atom. The molecule has 0 bridgehead atoms. The van der Waals surface area contributed by atoms with Crippen LogP contribution in [0.15, 0.2) is 17.0 Å². The lowest BCUT2D eigenvalue weighted by atomic mass is 10.1. The number of benzene rings is 1. The van der Waals surface area contributed by atoms with E-state index in [9.17, 15) is 14.4 Å². The number of imide groups is 1. The van der Waals surface area contributed by atoms with E-state index < -0.39 is 23.2 Å². The largest absolute Gasteiger partial charge is 0.496 e. The van der Waals surface area contributed by atoms with E-state index in [-0.39, 0.29) is 11.5 Å². The molecule has 146 valence electrons. The van der Waals surface area contributed by atoms with Gasteiger partial charge in [0.2, 0.25) is 0 Å². The minimum atomic E-state index is -1.01. The van der Waals surface area contributed by atoms with Gasteiger partial charge in [-0.25, -0.2) is 4.79 Å². The van der Waals surface area contributed by atoms with Gasteiger partial charge in [0.05, 0.1) is 38.4 Å². The molecule has 1 aromatic carbocycles. The van der Waals surface area contributed by atoms with E-state index in [1.165, 1.54) is 34.3 Å². The Kier molecular flexibility index (Phi) is 6.73. The van der Waals surface area contributed by atoms with Gasteiger partial charge in [0.15, 0.2) is 0 Å². The van der Waals surface area contributed by atoms with Crippen LogP contribution in [0.3, 0.4) is 0 Å². The van der Waals surface area contributed by atoms with E-state index >= 15 is 0 Å². The lowest BCUT2D eigenvalue weighted by Crippen LogP contribution is -2.42. The number of hydrogen-bond acceptors (Lipinski definition) is 8. The van der Waals surface area contributed by atoms with Gasteiger partial charge in [-0.05, 0) is 31.7 Å². The maximum absolute atomic E-state index is 12.7. The Bertz CT molecular complexity index is 765. The maximum atomic E-state index is 12.7. The Morgan fingerprint density at radius 1 is 1.15 bits per heavy atom. The number of nitrogens with zero attached hydrogens (tertiary/aromatic N) is 1. The lowest BCUT2D eigenvalue weighted by molar-refractivity contribution is -0.150. The molecule has 8 nitrogen and oxygen atoms in total. The number of ether oxygens (including phenoxy) is 4. The molecule has 1 aliphatic rings. The Balaban J connectivity index is 2.42. The summed E-state index contributed by atoms with van der Waals surface area (Å²) in [6.07, 6.45) is 1.50. The van der Waals surface area contributed by atoms with Gasteiger partial charge in [0.1, 0.15) is 23.3 Å². The van der Waals surface area contributed by atoms with Crippen LogP contribution >= 0.6 is 11.8 Å². The third-order valence-electron chi connectivity index (χ3n) is 3.87. The standard InChI is InChI=1S/C18H21NO7S/c1-6-26-17(21)10(2)19-16(20)15(27-18(19)22)9-12-13(24-4)7-11(23-3)8-14(12)25-5/h7-10H,6H2,1-5H3/b15-9-/t10-/m0/s1. The van der Waals surface area contributed by atoms with Crippen LogP contribution in [-0.4, -0.2) is 56.0 Å². The minimum Gasteiger partial charge on any atom is -0.496 e. The van der Waals surface area contributed by atoms with Gasteiger partial charge in [-0.2, -0.15) is 0 Å². The number of methoxy groups -OCH3 is 3. The fraction of sp³-hybridized carbons (Fsp3) is 0.389. The number of thioether (sulfide) groups is 1. The average Bonchev–Trinajstić information content (AvgIpc) is 2.94. The minimum absolute atomic E-state index is 0.151. The first kappa shape index (κ1) is 20.6. The molecule has 1 heterocycles. The highest BCUT2D eigenvalue weighted by Gasteiger charge is 2.41. The zero-order chi connectivity index (χ0) is 20.1. The number of esters is 1. The summed E-state index contributed by atoms with van der Waals surface area (Å²) in [4.78, 5) is 37.9. The Labute approximate surface area is 161 Å². The normalized spacial score (nSPS) is 16.5. The van der Waals surface area contributed by atoms with Gasteiger partial charge in [-0.3, -0.25) is 14.5 Å². The molecular formula is C18H21NO7S. The first-order valence-electron chi connectivity index (χ1n) is 8.11. The first-order chi connectivity index (χ1) is 12.9. The second kappa shape index (κ2) is 8.81. The molecule has 0 unspecified atom stereocenters. The second-order valence-electron chi connectivity index (χ2n) is 5.43. The predicted molar refractivity (Wildman–Crippen MR) is 100 cm³/mol. The van der Waals surface area contributed by atoms with Crippen LogP contribution in [0.4, 0.5) is 4.79 Å². The molecule has 9 heteroatoms. The summed E-state index contributed by atoms with van der Waals surface area (Å²) >= 11 is 0.737. The quantitative estimate of drug-likeness (QED) is 0.514. The molecule has 0 spiro atoms. The van der Waals surface area contributed by atoms with Crippen molar-refractivity contribution in [2.45, 2.75) is 19.9 Å². The van der Waals surface area contributed by atoms with Gasteiger partial charge in [0, 0.05) is 12.1 Å². The van der Waals surface area contributed by atoms with Gasteiger partial charge >= 0.3 is 5.97 Å². The van der Waals surface area contributed by atoms with Gasteiger partial charge in [-0.1, -0.05) is 0 Å². The molecule has 27 heavy (non-hydrogen) atoms. The van der Waals surface area contributed by atoms with Crippen LogP contribution in [-0.2, 0) is 14.3 Å². The molecule has 1 fully saturated rings. The molecule has 0 radical (unpaired) electrons. The highest BCUT2D eigenvalue weighted by Crippen LogP contribution is 2.40. The van der Waals surface area contributed by atoms with Gasteiger partial charge < -0.3 is 18.9 Å². The van der Waals surface area contributed by atoms with Crippen LogP contribution in [0.25, 0.3) is 6.08 Å². The van der Waals surface area contributed by atoms with Crippen molar-refractivity contribution in [3.05, 3.63) is 22.6 Å². The maximum Gasteiger partial charge on any atom is 0.329 e. The van der Waals surface area contributed by atoms with Gasteiger partial charge in [0.25, 0.3) is 11.1 Å². The fourth-order valence-corrected chi connectivity index (χ4v) is 3.38. The molecule has 0 N–H and O–H groups in total. The molecule has 0 saturated carbocycles. The van der Waals surface area contributed by atoms with E-state index in [0.717, 1.165) is 16.7 Å². The zero-order valence-electron chi connectivity index (χ0n) is 15.7. The highest BCUT2D eigenvalue weighted by atomic mass is 32.2. The summed E-state index contributed by atoms with van der Waals surface area (Å²) in [5, 5.41) is -0.543. The number of amides is 2. The molecule has 1 aliphatic heterocycles. The fourth-order valence-electron chi connectivity index (χ4n) is 2.49. The monoisotopic (exact) mass is 395 g/mol. The van der Waals surface area contributed by atoms with E-state index in [4.69, 9.17) is 18.9 Å². The average molecular weight is 395 g/mol. The summed E-state index contributed by atoms with van der Waals surface area (Å²) in [6, 6.07) is 2.27.